The van der Waals surface area contributed by atoms with E-state index in [0.29, 0.717) is 24.5 Å². The molecule has 1 aliphatic rings. The third-order valence-electron chi connectivity index (χ3n) is 5.39. The van der Waals surface area contributed by atoms with Crippen molar-refractivity contribution in [3.63, 3.8) is 0 Å². The molecule has 0 atom stereocenters. The fourth-order valence-electron chi connectivity index (χ4n) is 3.67. The van der Waals surface area contributed by atoms with E-state index in [1.807, 2.05) is 36.4 Å². The number of hydrogen-bond acceptors (Lipinski definition) is 4. The summed E-state index contributed by atoms with van der Waals surface area (Å²) in [4.78, 5) is 22.5. The largest absolute Gasteiger partial charge is 0.474 e. The molecule has 1 heterocycles. The lowest BCUT2D eigenvalue weighted by Crippen LogP contribution is -2.38. The maximum Gasteiger partial charge on any atom is 0.253 e. The number of pyridine rings is 1. The van der Waals surface area contributed by atoms with Crippen molar-refractivity contribution >= 4 is 11.9 Å². The minimum absolute atomic E-state index is 0.0133. The zero-order valence-electron chi connectivity index (χ0n) is 18.7. The van der Waals surface area contributed by atoms with Gasteiger partial charge in [-0.05, 0) is 55.9 Å². The molecule has 0 unspecified atom stereocenters. The smallest absolute Gasteiger partial charge is 0.253 e. The highest BCUT2D eigenvalue weighted by atomic mass is 16.5. The Labute approximate surface area is 184 Å². The first kappa shape index (κ1) is 22.6. The summed E-state index contributed by atoms with van der Waals surface area (Å²) >= 11 is 0. The number of carbonyl (C=O) groups excluding carboxylic acids is 1. The fourth-order valence-corrected chi connectivity index (χ4v) is 3.67. The summed E-state index contributed by atoms with van der Waals surface area (Å²) in [7, 11) is 5.28. The van der Waals surface area contributed by atoms with Gasteiger partial charge in [-0.2, -0.15) is 0 Å². The van der Waals surface area contributed by atoms with E-state index in [4.69, 9.17) is 4.74 Å². The highest BCUT2D eigenvalue weighted by Crippen LogP contribution is 2.24. The van der Waals surface area contributed by atoms with Gasteiger partial charge in [0, 0.05) is 51.6 Å². The zero-order valence-corrected chi connectivity index (χ0v) is 18.7. The Balaban J connectivity index is 1.50. The van der Waals surface area contributed by atoms with Crippen LogP contribution in [0.5, 0.6) is 5.88 Å². The topological polar surface area (TPSA) is 78.9 Å². The van der Waals surface area contributed by atoms with Crippen LogP contribution in [0, 0.1) is 0 Å². The van der Waals surface area contributed by atoms with Gasteiger partial charge in [-0.3, -0.25) is 9.79 Å². The van der Waals surface area contributed by atoms with Crippen LogP contribution in [0.3, 0.4) is 0 Å². The lowest BCUT2D eigenvalue weighted by Gasteiger charge is -2.17. The molecule has 0 saturated heterocycles. The fraction of sp³-hybridized carbons (Fsp3) is 0.458. The van der Waals surface area contributed by atoms with Crippen LogP contribution in [-0.2, 0) is 13.0 Å². The molecule has 2 aromatic rings. The monoisotopic (exact) mass is 423 g/mol. The summed E-state index contributed by atoms with van der Waals surface area (Å²) in [5.74, 6) is 1.44. The molecule has 3 rings (SSSR count). The highest BCUT2D eigenvalue weighted by molar-refractivity contribution is 5.94. The van der Waals surface area contributed by atoms with E-state index in [1.54, 1.807) is 32.2 Å². The molecule has 1 amide bonds. The van der Waals surface area contributed by atoms with E-state index >= 15 is 0 Å². The van der Waals surface area contributed by atoms with Crippen molar-refractivity contribution in [2.45, 2.75) is 44.8 Å². The van der Waals surface area contributed by atoms with E-state index in [9.17, 15) is 4.79 Å². The number of benzene rings is 1. The second kappa shape index (κ2) is 11.3. The first-order valence-electron chi connectivity index (χ1n) is 10.9. The Morgan fingerprint density at radius 1 is 1.19 bits per heavy atom. The second-order valence-corrected chi connectivity index (χ2v) is 7.99. The van der Waals surface area contributed by atoms with Crippen LogP contribution in [0.4, 0.5) is 0 Å². The molecule has 1 aliphatic carbocycles. The predicted octanol–water partition coefficient (Wildman–Crippen LogP) is 3.01. The highest BCUT2D eigenvalue weighted by Gasteiger charge is 2.18. The third kappa shape index (κ3) is 6.70. The molecule has 1 aromatic carbocycles. The normalized spacial score (nSPS) is 14.4. The molecule has 1 saturated carbocycles. The Morgan fingerprint density at radius 2 is 2.00 bits per heavy atom. The predicted molar refractivity (Wildman–Crippen MR) is 123 cm³/mol. The standard InChI is InChI=1S/C24H33N5O2/c1-25-24(27-15-13-18-8-6-9-19(16-18)23(30)29(2)3)28-17-20-10-7-14-26-22(20)31-21-11-4-5-12-21/h6-10,14,16,21H,4-5,11-13,15,17H2,1-3H3,(H2,25,27,28). The summed E-state index contributed by atoms with van der Waals surface area (Å²) in [5.41, 5.74) is 2.83. The molecular weight excluding hydrogens is 390 g/mol. The van der Waals surface area contributed by atoms with Gasteiger partial charge in [0.25, 0.3) is 5.91 Å². The van der Waals surface area contributed by atoms with E-state index in [-0.39, 0.29) is 12.0 Å². The van der Waals surface area contributed by atoms with E-state index in [1.165, 1.54) is 12.8 Å². The van der Waals surface area contributed by atoms with E-state index in [0.717, 1.165) is 36.3 Å². The molecule has 0 radical (unpaired) electrons. The summed E-state index contributed by atoms with van der Waals surface area (Å²) in [6.07, 6.45) is 7.51. The van der Waals surface area contributed by atoms with Gasteiger partial charge in [0.15, 0.2) is 5.96 Å². The van der Waals surface area contributed by atoms with Gasteiger partial charge >= 0.3 is 0 Å². The summed E-state index contributed by atoms with van der Waals surface area (Å²) in [5, 5.41) is 6.67. The molecule has 0 bridgehead atoms. The van der Waals surface area contributed by atoms with Crippen LogP contribution in [0.2, 0.25) is 0 Å². The van der Waals surface area contributed by atoms with Crippen LogP contribution < -0.4 is 15.4 Å². The number of hydrogen-bond donors (Lipinski definition) is 2. The minimum Gasteiger partial charge on any atom is -0.474 e. The van der Waals surface area contributed by atoms with Gasteiger partial charge < -0.3 is 20.3 Å². The molecular formula is C24H33N5O2. The number of ether oxygens (including phenoxy) is 1. The van der Waals surface area contributed by atoms with Gasteiger partial charge in [-0.15, -0.1) is 0 Å². The maximum absolute atomic E-state index is 12.1. The number of nitrogens with zero attached hydrogens (tertiary/aromatic N) is 3. The zero-order chi connectivity index (χ0) is 22.1. The maximum atomic E-state index is 12.1. The lowest BCUT2D eigenvalue weighted by atomic mass is 10.1. The Hall–Kier alpha value is -3.09. The SMILES string of the molecule is CN=C(NCCc1cccc(C(=O)N(C)C)c1)NCc1cccnc1OC1CCCC1. The number of aliphatic imine (C=N–C) groups is 1. The molecule has 0 spiro atoms. The van der Waals surface area contributed by atoms with Crippen LogP contribution in [-0.4, -0.2) is 55.5 Å². The van der Waals surface area contributed by atoms with E-state index in [2.05, 4.69) is 20.6 Å². The van der Waals surface area contributed by atoms with Gasteiger partial charge in [-0.1, -0.05) is 18.2 Å². The van der Waals surface area contributed by atoms with Crippen LogP contribution >= 0.6 is 0 Å². The Morgan fingerprint density at radius 3 is 2.74 bits per heavy atom. The molecule has 1 fully saturated rings. The van der Waals surface area contributed by atoms with Crippen molar-refractivity contribution in [2.24, 2.45) is 4.99 Å². The summed E-state index contributed by atoms with van der Waals surface area (Å²) in [6, 6.07) is 11.7. The lowest BCUT2D eigenvalue weighted by molar-refractivity contribution is 0.0827. The molecule has 0 aliphatic heterocycles. The average Bonchev–Trinajstić information content (AvgIpc) is 3.29. The molecule has 1 aromatic heterocycles. The van der Waals surface area contributed by atoms with Crippen LogP contribution in [0.15, 0.2) is 47.6 Å². The quantitative estimate of drug-likeness (QED) is 0.504. The molecule has 7 nitrogen and oxygen atoms in total. The average molecular weight is 424 g/mol. The number of rotatable bonds is 8. The van der Waals surface area contributed by atoms with Gasteiger partial charge in [0.05, 0.1) is 0 Å². The Bertz CT molecular complexity index is 891. The van der Waals surface area contributed by atoms with Crippen molar-refractivity contribution < 1.29 is 9.53 Å². The molecule has 166 valence electrons. The van der Waals surface area contributed by atoms with Gasteiger partial charge in [-0.25, -0.2) is 4.98 Å². The van der Waals surface area contributed by atoms with Crippen LogP contribution in [0.25, 0.3) is 0 Å². The third-order valence-corrected chi connectivity index (χ3v) is 5.39. The van der Waals surface area contributed by atoms with Crippen molar-refractivity contribution in [1.82, 2.24) is 20.5 Å². The van der Waals surface area contributed by atoms with Crippen molar-refractivity contribution in [1.29, 1.82) is 0 Å². The first-order chi connectivity index (χ1) is 15.1. The minimum atomic E-state index is 0.0133. The number of nitrogens with one attached hydrogen (secondary N) is 2. The van der Waals surface area contributed by atoms with Crippen molar-refractivity contribution in [3.05, 3.63) is 59.3 Å². The summed E-state index contributed by atoms with van der Waals surface area (Å²) in [6.45, 7) is 1.29. The summed E-state index contributed by atoms with van der Waals surface area (Å²) < 4.78 is 6.12. The second-order valence-electron chi connectivity index (χ2n) is 7.99. The first-order valence-corrected chi connectivity index (χ1v) is 10.9. The number of carbonyl (C=O) groups is 1. The molecule has 2 N–H and O–H groups in total. The molecule has 31 heavy (non-hydrogen) atoms. The number of guanidine groups is 1. The van der Waals surface area contributed by atoms with Crippen LogP contribution in [0.1, 0.15) is 47.2 Å². The van der Waals surface area contributed by atoms with Crippen molar-refractivity contribution in [3.8, 4) is 5.88 Å². The van der Waals surface area contributed by atoms with Gasteiger partial charge in [0.1, 0.15) is 6.10 Å². The Kier molecular flexibility index (Phi) is 8.27. The number of aromatic nitrogens is 1. The number of amides is 1. The van der Waals surface area contributed by atoms with E-state index < -0.39 is 0 Å². The van der Waals surface area contributed by atoms with Crippen molar-refractivity contribution in [2.75, 3.05) is 27.7 Å². The van der Waals surface area contributed by atoms with Gasteiger partial charge in [0.2, 0.25) is 5.88 Å². The molecule has 7 heteroatoms.